The summed E-state index contributed by atoms with van der Waals surface area (Å²) in [6.45, 7) is 5.55. The molecule has 0 unspecified atom stereocenters. The molecule has 4 heteroatoms. The van der Waals surface area contributed by atoms with Crippen LogP contribution in [0.5, 0.6) is 0 Å². The molecule has 2 N–H and O–H groups in total. The predicted molar refractivity (Wildman–Crippen MR) is 64.2 cm³/mol. The second kappa shape index (κ2) is 6.45. The second-order valence-electron chi connectivity index (χ2n) is 3.49. The van der Waals surface area contributed by atoms with Gasteiger partial charge in [0.25, 0.3) is 0 Å². The molecule has 0 atom stereocenters. The van der Waals surface area contributed by atoms with Gasteiger partial charge in [-0.3, -0.25) is 0 Å². The maximum Gasteiger partial charge on any atom is 0.315 e. The highest BCUT2D eigenvalue weighted by atomic mass is 32.1. The maximum atomic E-state index is 11.3. The fourth-order valence-corrected chi connectivity index (χ4v) is 2.03. The van der Waals surface area contributed by atoms with Gasteiger partial charge in [0.05, 0.1) is 6.54 Å². The number of hydrogen-bond acceptors (Lipinski definition) is 2. The van der Waals surface area contributed by atoms with E-state index in [1.807, 2.05) is 5.38 Å². The molecule has 0 aliphatic heterocycles. The lowest BCUT2D eigenvalue weighted by Crippen LogP contribution is -2.35. The average molecular weight is 226 g/mol. The summed E-state index contributed by atoms with van der Waals surface area (Å²) in [5, 5.41) is 7.71. The minimum Gasteiger partial charge on any atom is -0.338 e. The van der Waals surface area contributed by atoms with Gasteiger partial charge in [-0.2, -0.15) is 0 Å². The van der Waals surface area contributed by atoms with Crippen molar-refractivity contribution in [3.63, 3.8) is 0 Å². The Morgan fingerprint density at radius 1 is 1.47 bits per heavy atom. The minimum atomic E-state index is -0.0729. The van der Waals surface area contributed by atoms with Gasteiger partial charge in [0.1, 0.15) is 0 Å². The summed E-state index contributed by atoms with van der Waals surface area (Å²) in [5.41, 5.74) is 1.24. The Balaban J connectivity index is 2.20. The Hall–Kier alpha value is -1.03. The fraction of sp³-hybridized carbons (Fsp3) is 0.545. The molecule has 1 aromatic heterocycles. The third-order valence-electron chi connectivity index (χ3n) is 2.19. The third kappa shape index (κ3) is 4.34. The average Bonchev–Trinajstić information content (AvgIpc) is 2.61. The van der Waals surface area contributed by atoms with Gasteiger partial charge in [-0.05, 0) is 30.4 Å². The molecule has 0 spiro atoms. The third-order valence-corrected chi connectivity index (χ3v) is 3.22. The van der Waals surface area contributed by atoms with Crippen LogP contribution in [-0.4, -0.2) is 12.6 Å². The summed E-state index contributed by atoms with van der Waals surface area (Å²) >= 11 is 1.68. The number of thiophene rings is 1. The summed E-state index contributed by atoms with van der Waals surface area (Å²) in [6.07, 6.45) is 2.13. The molecule has 0 radical (unpaired) electrons. The number of unbranched alkanes of at least 4 members (excludes halogenated alkanes) is 1. The van der Waals surface area contributed by atoms with E-state index >= 15 is 0 Å². The van der Waals surface area contributed by atoms with E-state index in [9.17, 15) is 4.79 Å². The molecule has 0 aliphatic carbocycles. The molecule has 2 amide bonds. The van der Waals surface area contributed by atoms with Crippen molar-refractivity contribution < 1.29 is 4.79 Å². The van der Waals surface area contributed by atoms with E-state index in [-0.39, 0.29) is 6.03 Å². The lowest BCUT2D eigenvalue weighted by atomic mass is 10.3. The van der Waals surface area contributed by atoms with E-state index in [0.717, 1.165) is 19.4 Å². The number of carbonyl (C=O) groups excluding carboxylic acids is 1. The zero-order valence-electron chi connectivity index (χ0n) is 9.30. The van der Waals surface area contributed by atoms with E-state index < -0.39 is 0 Å². The summed E-state index contributed by atoms with van der Waals surface area (Å²) in [4.78, 5) is 12.5. The summed E-state index contributed by atoms with van der Waals surface area (Å²) in [5.74, 6) is 0. The van der Waals surface area contributed by atoms with Gasteiger partial charge in [-0.15, -0.1) is 11.3 Å². The molecule has 84 valence electrons. The monoisotopic (exact) mass is 226 g/mol. The standard InChI is InChI=1S/C11H18N2OS/c1-3-4-6-12-11(14)13-8-10-9(2)5-7-15-10/h5,7H,3-4,6,8H2,1-2H3,(H2,12,13,14). The van der Waals surface area contributed by atoms with Crippen LogP contribution in [0.15, 0.2) is 11.4 Å². The SMILES string of the molecule is CCCCNC(=O)NCc1sccc1C. The van der Waals surface area contributed by atoms with Crippen LogP contribution in [0.4, 0.5) is 4.79 Å². The largest absolute Gasteiger partial charge is 0.338 e. The van der Waals surface area contributed by atoms with E-state index in [4.69, 9.17) is 0 Å². The smallest absolute Gasteiger partial charge is 0.315 e. The first-order valence-electron chi connectivity index (χ1n) is 5.28. The molecule has 0 aromatic carbocycles. The molecule has 1 aromatic rings. The van der Waals surface area contributed by atoms with Crippen molar-refractivity contribution in [1.29, 1.82) is 0 Å². The minimum absolute atomic E-state index is 0.0729. The number of hydrogen-bond donors (Lipinski definition) is 2. The first kappa shape index (κ1) is 12.0. The molecular formula is C11H18N2OS. The first-order valence-corrected chi connectivity index (χ1v) is 6.16. The van der Waals surface area contributed by atoms with Crippen LogP contribution in [0.3, 0.4) is 0 Å². The van der Waals surface area contributed by atoms with Crippen molar-refractivity contribution >= 4 is 17.4 Å². The summed E-state index contributed by atoms with van der Waals surface area (Å²) in [6, 6.07) is 1.99. The lowest BCUT2D eigenvalue weighted by molar-refractivity contribution is 0.240. The van der Waals surface area contributed by atoms with Crippen LogP contribution in [-0.2, 0) is 6.54 Å². The maximum absolute atomic E-state index is 11.3. The zero-order valence-corrected chi connectivity index (χ0v) is 10.1. The Morgan fingerprint density at radius 2 is 2.27 bits per heavy atom. The van der Waals surface area contributed by atoms with Crippen molar-refractivity contribution in [3.8, 4) is 0 Å². The van der Waals surface area contributed by atoms with E-state index in [1.54, 1.807) is 11.3 Å². The highest BCUT2D eigenvalue weighted by Crippen LogP contribution is 2.14. The molecular weight excluding hydrogens is 208 g/mol. The number of nitrogens with one attached hydrogen (secondary N) is 2. The highest BCUT2D eigenvalue weighted by Gasteiger charge is 2.02. The number of rotatable bonds is 5. The Kier molecular flexibility index (Phi) is 5.18. The summed E-state index contributed by atoms with van der Waals surface area (Å²) in [7, 11) is 0. The normalized spacial score (nSPS) is 10.0. The molecule has 3 nitrogen and oxygen atoms in total. The van der Waals surface area contributed by atoms with Gasteiger partial charge in [0, 0.05) is 11.4 Å². The predicted octanol–water partition coefficient (Wildman–Crippen LogP) is 2.66. The van der Waals surface area contributed by atoms with E-state index in [1.165, 1.54) is 10.4 Å². The highest BCUT2D eigenvalue weighted by molar-refractivity contribution is 7.10. The van der Waals surface area contributed by atoms with Crippen LogP contribution in [0.25, 0.3) is 0 Å². The topological polar surface area (TPSA) is 41.1 Å². The van der Waals surface area contributed by atoms with Gasteiger partial charge in [0.2, 0.25) is 0 Å². The Bertz CT molecular complexity index is 309. The number of aryl methyl sites for hydroxylation is 1. The molecule has 0 aliphatic rings. The van der Waals surface area contributed by atoms with Crippen LogP contribution in [0, 0.1) is 6.92 Å². The van der Waals surface area contributed by atoms with Gasteiger partial charge in [-0.25, -0.2) is 4.79 Å². The number of amides is 2. The van der Waals surface area contributed by atoms with E-state index in [0.29, 0.717) is 6.54 Å². The van der Waals surface area contributed by atoms with Gasteiger partial charge in [0.15, 0.2) is 0 Å². The first-order chi connectivity index (χ1) is 7.24. The Labute approximate surface area is 94.9 Å². The molecule has 0 saturated heterocycles. The fourth-order valence-electron chi connectivity index (χ4n) is 1.19. The number of urea groups is 1. The molecule has 1 heterocycles. The van der Waals surface area contributed by atoms with Crippen molar-refractivity contribution in [2.45, 2.75) is 33.2 Å². The van der Waals surface area contributed by atoms with Crippen molar-refractivity contribution in [2.24, 2.45) is 0 Å². The van der Waals surface area contributed by atoms with Crippen LogP contribution >= 0.6 is 11.3 Å². The molecule has 15 heavy (non-hydrogen) atoms. The quantitative estimate of drug-likeness (QED) is 0.745. The van der Waals surface area contributed by atoms with Crippen molar-refractivity contribution in [3.05, 3.63) is 21.9 Å². The van der Waals surface area contributed by atoms with Gasteiger partial charge in [-0.1, -0.05) is 13.3 Å². The summed E-state index contributed by atoms with van der Waals surface area (Å²) < 4.78 is 0. The van der Waals surface area contributed by atoms with Crippen LogP contribution in [0.1, 0.15) is 30.2 Å². The van der Waals surface area contributed by atoms with E-state index in [2.05, 4.69) is 30.5 Å². The molecule has 1 rings (SSSR count). The van der Waals surface area contributed by atoms with Crippen molar-refractivity contribution in [2.75, 3.05) is 6.54 Å². The number of carbonyl (C=O) groups is 1. The van der Waals surface area contributed by atoms with Gasteiger partial charge >= 0.3 is 6.03 Å². The lowest BCUT2D eigenvalue weighted by Gasteiger charge is -2.06. The molecule has 0 bridgehead atoms. The Morgan fingerprint density at radius 3 is 2.87 bits per heavy atom. The molecule has 0 fully saturated rings. The van der Waals surface area contributed by atoms with Crippen LogP contribution < -0.4 is 10.6 Å². The zero-order chi connectivity index (χ0) is 11.1. The van der Waals surface area contributed by atoms with Gasteiger partial charge < -0.3 is 10.6 Å². The van der Waals surface area contributed by atoms with Crippen LogP contribution in [0.2, 0.25) is 0 Å². The molecule has 0 saturated carbocycles. The van der Waals surface area contributed by atoms with Crippen molar-refractivity contribution in [1.82, 2.24) is 10.6 Å². The second-order valence-corrected chi connectivity index (χ2v) is 4.49.